The monoisotopic (exact) mass is 331 g/mol. The number of ether oxygens (including phenoxy) is 1. The van der Waals surface area contributed by atoms with E-state index in [4.69, 9.17) is 19.6 Å². The van der Waals surface area contributed by atoms with E-state index in [0.717, 1.165) is 12.3 Å². The van der Waals surface area contributed by atoms with E-state index in [2.05, 4.69) is 0 Å². The quantitative estimate of drug-likeness (QED) is 0.334. The second kappa shape index (κ2) is 8.76. The maximum atomic E-state index is 11.7. The maximum absolute atomic E-state index is 11.7. The predicted molar refractivity (Wildman–Crippen MR) is 71.2 cm³/mol. The average molecular weight is 331 g/mol. The van der Waals surface area contributed by atoms with Crippen LogP contribution in [0.15, 0.2) is 21.9 Å². The molecule has 10 nitrogen and oxygen atoms in total. The van der Waals surface area contributed by atoms with Gasteiger partial charge in [0, 0.05) is 41.8 Å². The number of aliphatic hydroxyl groups excluding tert-OH is 1. The first-order valence-corrected chi connectivity index (χ1v) is 7.15. The Morgan fingerprint density at radius 3 is 2.52 bits per heavy atom. The van der Waals surface area contributed by atoms with Gasteiger partial charge in [-0.2, -0.15) is 0 Å². The molecule has 21 heavy (non-hydrogen) atoms. The zero-order valence-corrected chi connectivity index (χ0v) is 14.0. The number of nitrogens with zero attached hydrogens (tertiary/aromatic N) is 1. The Morgan fingerprint density at radius 2 is 2.05 bits per heavy atom. The van der Waals surface area contributed by atoms with Crippen molar-refractivity contribution < 1.29 is 29.0 Å². The Bertz CT molecular complexity index is 635. The molecule has 0 amide bonds. The number of aromatic amines is 1. The first-order chi connectivity index (χ1) is 9.23. The topological polar surface area (TPSA) is 159 Å². The van der Waals surface area contributed by atoms with Crippen molar-refractivity contribution in [1.82, 2.24) is 9.55 Å². The standard InChI is InChI=1S/C9H13N2O8P.Na/c12-4-6(19-5-20(16,17)18)3-8(14)11-2-1-7(13)10-9(11)15;/h1-2,6,12H,3-5H2,(H,10,13,15)(H2,16,17,18);/t6-;/m1./s1. The molecule has 0 aromatic carbocycles. The van der Waals surface area contributed by atoms with Gasteiger partial charge in [-0.3, -0.25) is 19.1 Å². The number of carbonyl (C=O) groups is 1. The van der Waals surface area contributed by atoms with Crippen molar-refractivity contribution in [3.05, 3.63) is 33.1 Å². The van der Waals surface area contributed by atoms with Crippen molar-refractivity contribution in [3.63, 3.8) is 0 Å². The molecule has 12 heteroatoms. The van der Waals surface area contributed by atoms with Gasteiger partial charge in [0.2, 0.25) is 5.91 Å². The fourth-order valence-electron chi connectivity index (χ4n) is 1.29. The molecule has 1 rings (SSSR count). The molecule has 4 N–H and O–H groups in total. The third-order valence-corrected chi connectivity index (χ3v) is 2.66. The molecule has 0 saturated carbocycles. The Labute approximate surface area is 140 Å². The summed E-state index contributed by atoms with van der Waals surface area (Å²) in [5.41, 5.74) is -1.62. The second-order valence-electron chi connectivity index (χ2n) is 3.84. The Balaban J connectivity index is 0.00000400. The van der Waals surface area contributed by atoms with E-state index in [1.807, 2.05) is 4.98 Å². The predicted octanol–water partition coefficient (Wildman–Crippen LogP) is -2.30. The zero-order valence-electron chi connectivity index (χ0n) is 11.1. The molecule has 113 valence electrons. The minimum absolute atomic E-state index is 0. The fraction of sp³-hybridized carbons (Fsp3) is 0.444. The van der Waals surface area contributed by atoms with E-state index in [9.17, 15) is 18.9 Å². The first kappa shape index (κ1) is 20.4. The number of H-pyrrole nitrogens is 1. The van der Waals surface area contributed by atoms with Crippen molar-refractivity contribution >= 4 is 43.1 Å². The summed E-state index contributed by atoms with van der Waals surface area (Å²) in [5, 5.41) is 8.96. The van der Waals surface area contributed by atoms with E-state index in [1.165, 1.54) is 0 Å². The third-order valence-electron chi connectivity index (χ3n) is 2.18. The fourth-order valence-corrected chi connectivity index (χ4v) is 1.69. The van der Waals surface area contributed by atoms with Crippen LogP contribution in [0.2, 0.25) is 0 Å². The van der Waals surface area contributed by atoms with Crippen LogP contribution in [-0.2, 0) is 9.30 Å². The van der Waals surface area contributed by atoms with E-state index in [1.54, 1.807) is 0 Å². The minimum Gasteiger partial charge on any atom is -0.394 e. The van der Waals surface area contributed by atoms with Crippen LogP contribution in [0.1, 0.15) is 11.2 Å². The van der Waals surface area contributed by atoms with Crippen LogP contribution in [0, 0.1) is 0 Å². The number of carbonyl (C=O) groups excluding carboxylic acids is 1. The van der Waals surface area contributed by atoms with E-state index in [0.29, 0.717) is 4.57 Å². The van der Waals surface area contributed by atoms with Crippen LogP contribution in [0.4, 0.5) is 0 Å². The number of aliphatic hydroxyl groups is 1. The van der Waals surface area contributed by atoms with Crippen LogP contribution in [-0.4, -0.2) is 79.0 Å². The zero-order chi connectivity index (χ0) is 15.3. The molecule has 0 aliphatic heterocycles. The van der Waals surface area contributed by atoms with Crippen molar-refractivity contribution in [2.75, 3.05) is 13.0 Å². The average Bonchev–Trinajstić information content (AvgIpc) is 2.33. The Hall–Kier alpha value is -0.580. The van der Waals surface area contributed by atoms with Crippen molar-refractivity contribution in [2.24, 2.45) is 0 Å². The van der Waals surface area contributed by atoms with Crippen LogP contribution in [0.3, 0.4) is 0 Å². The number of hydrogen-bond acceptors (Lipinski definition) is 6. The second-order valence-corrected chi connectivity index (χ2v) is 5.43. The van der Waals surface area contributed by atoms with Crippen LogP contribution >= 0.6 is 7.60 Å². The van der Waals surface area contributed by atoms with Gasteiger partial charge in [0.25, 0.3) is 5.56 Å². The van der Waals surface area contributed by atoms with Crippen molar-refractivity contribution in [2.45, 2.75) is 12.5 Å². The van der Waals surface area contributed by atoms with Gasteiger partial charge in [0.15, 0.2) is 0 Å². The molecular weight excluding hydrogens is 318 g/mol. The van der Waals surface area contributed by atoms with Crippen molar-refractivity contribution in [1.29, 1.82) is 0 Å². The molecule has 0 spiro atoms. The van der Waals surface area contributed by atoms with E-state index < -0.39 is 50.2 Å². The van der Waals surface area contributed by atoms with E-state index in [-0.39, 0.29) is 29.6 Å². The normalized spacial score (nSPS) is 12.5. The van der Waals surface area contributed by atoms with Gasteiger partial charge in [-0.05, 0) is 0 Å². The van der Waals surface area contributed by atoms with Crippen LogP contribution in [0.5, 0.6) is 0 Å². The minimum atomic E-state index is -4.42. The largest absolute Gasteiger partial charge is 0.394 e. The Kier molecular flexibility index (Phi) is 8.52. The molecule has 0 aliphatic carbocycles. The summed E-state index contributed by atoms with van der Waals surface area (Å²) >= 11 is 0. The summed E-state index contributed by atoms with van der Waals surface area (Å²) in [6.45, 7) is -0.663. The molecule has 0 bridgehead atoms. The van der Waals surface area contributed by atoms with Gasteiger partial charge in [0.05, 0.1) is 19.1 Å². The van der Waals surface area contributed by atoms with Gasteiger partial charge in [-0.1, -0.05) is 0 Å². The number of hydrogen-bond donors (Lipinski definition) is 4. The number of nitrogens with one attached hydrogen (secondary N) is 1. The molecule has 1 aromatic heterocycles. The molecule has 1 radical (unpaired) electrons. The van der Waals surface area contributed by atoms with Gasteiger partial charge in [-0.25, -0.2) is 9.36 Å². The summed E-state index contributed by atoms with van der Waals surface area (Å²) in [4.78, 5) is 53.0. The van der Waals surface area contributed by atoms with Crippen LogP contribution < -0.4 is 11.2 Å². The number of rotatable bonds is 6. The summed E-state index contributed by atoms with van der Waals surface area (Å²) in [6.07, 6.45) is -1.65. The summed E-state index contributed by atoms with van der Waals surface area (Å²) in [7, 11) is -4.42. The maximum Gasteiger partial charge on any atom is 0.350 e. The summed E-state index contributed by atoms with van der Waals surface area (Å²) < 4.78 is 15.9. The third kappa shape index (κ3) is 7.30. The molecule has 0 unspecified atom stereocenters. The Morgan fingerprint density at radius 1 is 1.43 bits per heavy atom. The molecule has 0 fully saturated rings. The van der Waals surface area contributed by atoms with Crippen LogP contribution in [0.25, 0.3) is 0 Å². The molecule has 1 aromatic rings. The van der Waals surface area contributed by atoms with Gasteiger partial charge < -0.3 is 19.6 Å². The SMILES string of the molecule is O=C(C[C@H](CO)OCP(=O)(O)O)n1ccc(=O)[nH]c1=O.[Na]. The molecule has 1 heterocycles. The summed E-state index contributed by atoms with van der Waals surface area (Å²) in [6, 6.07) is 0.962. The summed E-state index contributed by atoms with van der Waals surface area (Å²) in [5.74, 6) is -0.795. The molecule has 0 saturated heterocycles. The van der Waals surface area contributed by atoms with Gasteiger partial charge >= 0.3 is 13.3 Å². The first-order valence-electron chi connectivity index (χ1n) is 5.35. The van der Waals surface area contributed by atoms with Crippen molar-refractivity contribution in [3.8, 4) is 0 Å². The van der Waals surface area contributed by atoms with E-state index >= 15 is 0 Å². The smallest absolute Gasteiger partial charge is 0.350 e. The van der Waals surface area contributed by atoms with Gasteiger partial charge in [0.1, 0.15) is 6.35 Å². The number of aromatic nitrogens is 2. The molecule has 1 atom stereocenters. The molecule has 0 aliphatic rings. The molecular formula is C9H13N2NaO8P. The van der Waals surface area contributed by atoms with Gasteiger partial charge in [-0.15, -0.1) is 0 Å².